The summed E-state index contributed by atoms with van der Waals surface area (Å²) in [5, 5.41) is 0.546. The van der Waals surface area contributed by atoms with Crippen molar-refractivity contribution in [2.75, 3.05) is 31.1 Å². The maximum absolute atomic E-state index is 13.9. The molecule has 2 aromatic carbocycles. The largest absolute Gasteiger partial charge is 0.366 e. The minimum absolute atomic E-state index is 0.00694. The van der Waals surface area contributed by atoms with Crippen LogP contribution in [0, 0.1) is 17.5 Å². The molecule has 1 amide bonds. The summed E-state index contributed by atoms with van der Waals surface area (Å²) in [6.07, 6.45) is 0. The quantitative estimate of drug-likeness (QED) is 0.767. The topological polar surface area (TPSA) is 23.6 Å². The van der Waals surface area contributed by atoms with Gasteiger partial charge < -0.3 is 9.80 Å². The first-order valence-electron chi connectivity index (χ1n) is 7.40. The lowest BCUT2D eigenvalue weighted by atomic mass is 10.1. The number of hydrogen-bond acceptors (Lipinski definition) is 2. The Morgan fingerprint density at radius 1 is 0.875 bits per heavy atom. The zero-order valence-corrected chi connectivity index (χ0v) is 13.4. The van der Waals surface area contributed by atoms with E-state index in [0.29, 0.717) is 36.8 Å². The van der Waals surface area contributed by atoms with Crippen molar-refractivity contribution in [1.82, 2.24) is 4.90 Å². The minimum atomic E-state index is -1.48. The minimum Gasteiger partial charge on any atom is -0.366 e. The maximum Gasteiger partial charge on any atom is 0.253 e. The molecule has 3 nitrogen and oxygen atoms in total. The molecule has 0 aromatic heterocycles. The lowest BCUT2D eigenvalue weighted by molar-refractivity contribution is 0.0746. The van der Waals surface area contributed by atoms with Gasteiger partial charge in [-0.2, -0.15) is 0 Å². The first-order valence-corrected chi connectivity index (χ1v) is 7.78. The van der Waals surface area contributed by atoms with Gasteiger partial charge >= 0.3 is 0 Å². The highest BCUT2D eigenvalue weighted by Crippen LogP contribution is 2.25. The summed E-state index contributed by atoms with van der Waals surface area (Å²) in [7, 11) is 0. The molecule has 0 radical (unpaired) electrons. The second-order valence-corrected chi connectivity index (χ2v) is 5.92. The van der Waals surface area contributed by atoms with Crippen LogP contribution in [-0.2, 0) is 0 Å². The molecule has 0 N–H and O–H groups in total. The number of halogens is 4. The van der Waals surface area contributed by atoms with Crippen molar-refractivity contribution in [2.45, 2.75) is 0 Å². The Kier molecular flexibility index (Phi) is 4.66. The molecule has 1 saturated heterocycles. The number of nitrogens with zero attached hydrogens (tertiary/aromatic N) is 2. The zero-order valence-electron chi connectivity index (χ0n) is 12.6. The van der Waals surface area contributed by atoms with Crippen LogP contribution in [0.2, 0.25) is 5.02 Å². The van der Waals surface area contributed by atoms with E-state index in [1.165, 1.54) is 6.07 Å². The molecule has 0 saturated carbocycles. The van der Waals surface area contributed by atoms with Gasteiger partial charge in [-0.05, 0) is 36.4 Å². The van der Waals surface area contributed by atoms with Crippen molar-refractivity contribution in [3.8, 4) is 0 Å². The second-order valence-electron chi connectivity index (χ2n) is 5.48. The van der Waals surface area contributed by atoms with Crippen LogP contribution in [-0.4, -0.2) is 37.0 Å². The standard InChI is InChI=1S/C17H14ClF3N2O/c18-12-3-1-11(2-4-12)17(24)23-9-7-22(8-10-23)14-6-5-13(19)15(20)16(14)21/h1-6H,7-10H2. The monoisotopic (exact) mass is 354 g/mol. The number of anilines is 1. The van der Waals surface area contributed by atoms with Crippen molar-refractivity contribution in [2.24, 2.45) is 0 Å². The summed E-state index contributed by atoms with van der Waals surface area (Å²) in [6.45, 7) is 1.39. The van der Waals surface area contributed by atoms with Crippen LogP contribution in [0.5, 0.6) is 0 Å². The number of carbonyl (C=O) groups excluding carboxylic acids is 1. The normalized spacial score (nSPS) is 14.8. The van der Waals surface area contributed by atoms with Crippen molar-refractivity contribution in [3.05, 3.63) is 64.4 Å². The Morgan fingerprint density at radius 2 is 1.50 bits per heavy atom. The van der Waals surface area contributed by atoms with E-state index in [4.69, 9.17) is 11.6 Å². The summed E-state index contributed by atoms with van der Waals surface area (Å²) in [6, 6.07) is 8.69. The van der Waals surface area contributed by atoms with E-state index in [1.54, 1.807) is 34.1 Å². The summed E-state index contributed by atoms with van der Waals surface area (Å²) in [4.78, 5) is 15.6. The molecule has 1 fully saturated rings. The third-order valence-electron chi connectivity index (χ3n) is 4.01. The number of amides is 1. The Hall–Kier alpha value is -2.21. The van der Waals surface area contributed by atoms with Gasteiger partial charge in [-0.3, -0.25) is 4.79 Å². The molecule has 0 spiro atoms. The highest BCUT2D eigenvalue weighted by atomic mass is 35.5. The predicted octanol–water partition coefficient (Wildman–Crippen LogP) is 3.72. The predicted molar refractivity (Wildman–Crippen MR) is 85.9 cm³/mol. The van der Waals surface area contributed by atoms with Gasteiger partial charge in [0.1, 0.15) is 0 Å². The molecule has 1 aliphatic heterocycles. The Balaban J connectivity index is 1.69. The van der Waals surface area contributed by atoms with E-state index in [1.807, 2.05) is 0 Å². The molecule has 0 bridgehead atoms. The number of rotatable bonds is 2. The molecule has 126 valence electrons. The smallest absolute Gasteiger partial charge is 0.253 e. The van der Waals surface area contributed by atoms with E-state index in [2.05, 4.69) is 0 Å². The molecule has 3 rings (SSSR count). The fourth-order valence-corrected chi connectivity index (χ4v) is 2.81. The fourth-order valence-electron chi connectivity index (χ4n) is 2.69. The van der Waals surface area contributed by atoms with Gasteiger partial charge in [0.25, 0.3) is 5.91 Å². The first kappa shape index (κ1) is 16.6. The molecule has 1 heterocycles. The van der Waals surface area contributed by atoms with E-state index in [0.717, 1.165) is 6.07 Å². The molecule has 24 heavy (non-hydrogen) atoms. The molecule has 0 unspecified atom stereocenters. The second kappa shape index (κ2) is 6.73. The van der Waals surface area contributed by atoms with E-state index >= 15 is 0 Å². The van der Waals surface area contributed by atoms with Gasteiger partial charge in [-0.15, -0.1) is 0 Å². The molecular weight excluding hydrogens is 341 g/mol. The first-order chi connectivity index (χ1) is 11.5. The summed E-state index contributed by atoms with van der Waals surface area (Å²) in [5.41, 5.74) is 0.527. The SMILES string of the molecule is O=C(c1ccc(Cl)cc1)N1CCN(c2ccc(F)c(F)c2F)CC1. The number of carbonyl (C=O) groups is 1. The summed E-state index contributed by atoms with van der Waals surface area (Å²) < 4.78 is 40.2. The number of piperazine rings is 1. The third-order valence-corrected chi connectivity index (χ3v) is 4.27. The van der Waals surface area contributed by atoms with Crippen molar-refractivity contribution >= 4 is 23.2 Å². The maximum atomic E-state index is 13.9. The lowest BCUT2D eigenvalue weighted by Crippen LogP contribution is -2.49. The van der Waals surface area contributed by atoms with E-state index in [9.17, 15) is 18.0 Å². The molecule has 0 atom stereocenters. The Bertz CT molecular complexity index is 759. The van der Waals surface area contributed by atoms with Crippen molar-refractivity contribution < 1.29 is 18.0 Å². The fraction of sp³-hybridized carbons (Fsp3) is 0.235. The van der Waals surface area contributed by atoms with E-state index < -0.39 is 17.5 Å². The zero-order chi connectivity index (χ0) is 17.3. The Labute approximate surface area is 142 Å². The van der Waals surface area contributed by atoms with Crippen LogP contribution in [0.25, 0.3) is 0 Å². The van der Waals surface area contributed by atoms with Gasteiger partial charge in [-0.25, -0.2) is 13.2 Å². The number of benzene rings is 2. The molecule has 0 aliphatic carbocycles. The van der Waals surface area contributed by atoms with Crippen LogP contribution in [0.1, 0.15) is 10.4 Å². The van der Waals surface area contributed by atoms with Gasteiger partial charge in [0.15, 0.2) is 17.5 Å². The van der Waals surface area contributed by atoms with Gasteiger partial charge in [-0.1, -0.05) is 11.6 Å². The molecule has 7 heteroatoms. The highest BCUT2D eigenvalue weighted by Gasteiger charge is 2.25. The van der Waals surface area contributed by atoms with Crippen molar-refractivity contribution in [1.29, 1.82) is 0 Å². The molecule has 1 aliphatic rings. The van der Waals surface area contributed by atoms with Gasteiger partial charge in [0, 0.05) is 36.8 Å². The van der Waals surface area contributed by atoms with Crippen LogP contribution in [0.15, 0.2) is 36.4 Å². The average Bonchev–Trinajstić information content (AvgIpc) is 2.60. The van der Waals surface area contributed by atoms with Crippen LogP contribution < -0.4 is 4.90 Å². The van der Waals surface area contributed by atoms with Crippen LogP contribution in [0.4, 0.5) is 18.9 Å². The molecule has 2 aromatic rings. The highest BCUT2D eigenvalue weighted by molar-refractivity contribution is 6.30. The van der Waals surface area contributed by atoms with Crippen molar-refractivity contribution in [3.63, 3.8) is 0 Å². The van der Waals surface area contributed by atoms with Crippen LogP contribution >= 0.6 is 11.6 Å². The van der Waals surface area contributed by atoms with Crippen LogP contribution in [0.3, 0.4) is 0 Å². The Morgan fingerprint density at radius 3 is 2.12 bits per heavy atom. The molecular formula is C17H14ClF3N2O. The lowest BCUT2D eigenvalue weighted by Gasteiger charge is -2.36. The third kappa shape index (κ3) is 3.19. The van der Waals surface area contributed by atoms with Gasteiger partial charge in [0.2, 0.25) is 0 Å². The average molecular weight is 355 g/mol. The number of hydrogen-bond donors (Lipinski definition) is 0. The van der Waals surface area contributed by atoms with E-state index in [-0.39, 0.29) is 11.6 Å². The van der Waals surface area contributed by atoms with Gasteiger partial charge in [0.05, 0.1) is 5.69 Å². The summed E-state index contributed by atoms with van der Waals surface area (Å²) >= 11 is 5.80. The summed E-state index contributed by atoms with van der Waals surface area (Å²) in [5.74, 6) is -4.04.